The normalized spacial score (nSPS) is 15.4. The lowest BCUT2D eigenvalue weighted by Gasteiger charge is -2.26. The van der Waals surface area contributed by atoms with Crippen molar-refractivity contribution in [3.63, 3.8) is 0 Å². The number of nitrogens with one attached hydrogen (secondary N) is 1. The predicted molar refractivity (Wildman–Crippen MR) is 103 cm³/mol. The van der Waals surface area contributed by atoms with E-state index in [1.54, 1.807) is 19.9 Å². The lowest BCUT2D eigenvalue weighted by atomic mass is 10.3. The third kappa shape index (κ3) is 4.46. The quantitative estimate of drug-likeness (QED) is 0.775. The van der Waals surface area contributed by atoms with E-state index in [0.29, 0.717) is 43.4 Å². The Labute approximate surface area is 163 Å². The number of aryl methyl sites for hydroxylation is 2. The summed E-state index contributed by atoms with van der Waals surface area (Å²) < 4.78 is 33.0. The number of carbonyl (C=O) groups is 1. The third-order valence-electron chi connectivity index (χ3n) is 4.39. The van der Waals surface area contributed by atoms with E-state index in [0.717, 1.165) is 0 Å². The largest absolute Gasteiger partial charge is 0.379 e. The van der Waals surface area contributed by atoms with E-state index in [2.05, 4.69) is 10.3 Å². The second-order valence-electron chi connectivity index (χ2n) is 6.50. The highest BCUT2D eigenvalue weighted by Gasteiger charge is 2.26. The highest BCUT2D eigenvalue weighted by atomic mass is 32.2. The number of ether oxygens (including phenoxy) is 1. The zero-order valence-electron chi connectivity index (χ0n) is 15.7. The van der Waals surface area contributed by atoms with E-state index < -0.39 is 21.6 Å². The molecule has 9 nitrogen and oxygen atoms in total. The van der Waals surface area contributed by atoms with Gasteiger partial charge in [-0.3, -0.25) is 9.36 Å². The molecule has 0 unspecified atom stereocenters. The number of hydrogen-bond donors (Lipinski definition) is 1. The first-order chi connectivity index (χ1) is 13.3. The Morgan fingerprint density at radius 1 is 1.18 bits per heavy atom. The second-order valence-corrected chi connectivity index (χ2v) is 8.43. The molecule has 0 bridgehead atoms. The van der Waals surface area contributed by atoms with Gasteiger partial charge in [0.2, 0.25) is 15.9 Å². The molecule has 1 saturated heterocycles. The van der Waals surface area contributed by atoms with Gasteiger partial charge < -0.3 is 10.1 Å². The molecule has 150 valence electrons. The molecule has 2 heterocycles. The minimum Gasteiger partial charge on any atom is -0.379 e. The molecule has 1 aromatic carbocycles. The summed E-state index contributed by atoms with van der Waals surface area (Å²) in [6.45, 7) is 4.66. The first-order valence-corrected chi connectivity index (χ1v) is 10.2. The number of rotatable bonds is 5. The monoisotopic (exact) mass is 406 g/mol. The maximum atomic E-state index is 12.6. The average molecular weight is 406 g/mol. The fourth-order valence-electron chi connectivity index (χ4n) is 2.96. The maximum Gasteiger partial charge on any atom is 0.348 e. The summed E-state index contributed by atoms with van der Waals surface area (Å²) in [4.78, 5) is 28.2. The van der Waals surface area contributed by atoms with Crippen LogP contribution in [0.4, 0.5) is 5.69 Å². The van der Waals surface area contributed by atoms with E-state index in [-0.39, 0.29) is 11.4 Å². The van der Waals surface area contributed by atoms with E-state index in [1.165, 1.54) is 33.1 Å². The lowest BCUT2D eigenvalue weighted by molar-refractivity contribution is -0.116. The molecule has 0 radical (unpaired) electrons. The summed E-state index contributed by atoms with van der Waals surface area (Å²) in [7, 11) is -3.58. The van der Waals surface area contributed by atoms with Gasteiger partial charge in [0.25, 0.3) is 0 Å². The number of benzene rings is 1. The Bertz CT molecular complexity index is 1020. The van der Waals surface area contributed by atoms with Gasteiger partial charge in [0.1, 0.15) is 6.54 Å². The van der Waals surface area contributed by atoms with E-state index in [4.69, 9.17) is 4.74 Å². The fourth-order valence-corrected chi connectivity index (χ4v) is 4.37. The summed E-state index contributed by atoms with van der Waals surface area (Å²) >= 11 is 0. The van der Waals surface area contributed by atoms with Crippen molar-refractivity contribution in [2.24, 2.45) is 0 Å². The van der Waals surface area contributed by atoms with Crippen LogP contribution in [0.5, 0.6) is 0 Å². The standard InChI is InChI=1S/C18H22N4O5S/c1-13-11-14(2)22(18(24)19-13)12-17(23)20-15-3-5-16(6-4-15)28(25,26)21-7-9-27-10-8-21/h3-6,11H,7-10,12H2,1-2H3,(H,20,23). The molecule has 0 aliphatic carbocycles. The zero-order chi connectivity index (χ0) is 20.3. The van der Waals surface area contributed by atoms with Crippen LogP contribution in [-0.4, -0.2) is 54.5 Å². The molecule has 1 aliphatic heterocycles. The highest BCUT2D eigenvalue weighted by molar-refractivity contribution is 7.89. The molecule has 1 aliphatic rings. The first-order valence-electron chi connectivity index (χ1n) is 8.80. The molecule has 1 amide bonds. The van der Waals surface area contributed by atoms with Crippen LogP contribution in [0.1, 0.15) is 11.4 Å². The second kappa shape index (κ2) is 8.21. The van der Waals surface area contributed by atoms with Crippen LogP contribution in [0.2, 0.25) is 0 Å². The molecule has 0 saturated carbocycles. The molecular formula is C18H22N4O5S. The number of nitrogens with zero attached hydrogens (tertiary/aromatic N) is 3. The Morgan fingerprint density at radius 2 is 1.82 bits per heavy atom. The van der Waals surface area contributed by atoms with Crippen molar-refractivity contribution in [3.8, 4) is 0 Å². The Kier molecular flexibility index (Phi) is 5.92. The van der Waals surface area contributed by atoms with Gasteiger partial charge >= 0.3 is 5.69 Å². The number of aromatic nitrogens is 2. The third-order valence-corrected chi connectivity index (χ3v) is 6.31. The van der Waals surface area contributed by atoms with Crippen molar-refractivity contribution in [1.29, 1.82) is 0 Å². The number of carbonyl (C=O) groups excluding carboxylic acids is 1. The molecule has 10 heteroatoms. The van der Waals surface area contributed by atoms with E-state index >= 15 is 0 Å². The van der Waals surface area contributed by atoms with Crippen LogP contribution in [0.15, 0.2) is 40.0 Å². The van der Waals surface area contributed by atoms with Crippen LogP contribution in [0.25, 0.3) is 0 Å². The summed E-state index contributed by atoms with van der Waals surface area (Å²) in [5.74, 6) is -0.403. The Morgan fingerprint density at radius 3 is 2.43 bits per heavy atom. The van der Waals surface area contributed by atoms with E-state index in [1.807, 2.05) is 0 Å². The van der Waals surface area contributed by atoms with Crippen LogP contribution >= 0.6 is 0 Å². The van der Waals surface area contributed by atoms with Gasteiger partial charge in [-0.25, -0.2) is 13.2 Å². The van der Waals surface area contributed by atoms with E-state index in [9.17, 15) is 18.0 Å². The minimum absolute atomic E-state index is 0.155. The van der Waals surface area contributed by atoms with Gasteiger partial charge in [0, 0.05) is 30.2 Å². The summed E-state index contributed by atoms with van der Waals surface area (Å²) in [5.41, 5.74) is 1.19. The highest BCUT2D eigenvalue weighted by Crippen LogP contribution is 2.19. The first kappa shape index (κ1) is 20.2. The molecule has 0 atom stereocenters. The number of morpholine rings is 1. The SMILES string of the molecule is Cc1cc(C)n(CC(=O)Nc2ccc(S(=O)(=O)N3CCOCC3)cc2)c(=O)n1. The van der Waals surface area contributed by atoms with Crippen LogP contribution in [-0.2, 0) is 26.1 Å². The summed E-state index contributed by atoms with van der Waals surface area (Å²) in [6.07, 6.45) is 0. The molecular weight excluding hydrogens is 384 g/mol. The maximum absolute atomic E-state index is 12.6. The Hall–Kier alpha value is -2.56. The van der Waals surface area contributed by atoms with Gasteiger partial charge in [-0.05, 0) is 44.2 Å². The van der Waals surface area contributed by atoms with Gasteiger partial charge in [-0.1, -0.05) is 0 Å². The van der Waals surface area contributed by atoms with Crippen LogP contribution < -0.4 is 11.0 Å². The topological polar surface area (TPSA) is 111 Å². The summed E-state index contributed by atoms with van der Waals surface area (Å²) in [5, 5.41) is 2.66. The fraction of sp³-hybridized carbons (Fsp3) is 0.389. The zero-order valence-corrected chi connectivity index (χ0v) is 16.5. The molecule has 0 spiro atoms. The van der Waals surface area contributed by atoms with Gasteiger partial charge in [-0.2, -0.15) is 9.29 Å². The molecule has 1 N–H and O–H groups in total. The van der Waals surface area contributed by atoms with Gasteiger partial charge in [-0.15, -0.1) is 0 Å². The molecule has 2 aromatic rings. The minimum atomic E-state index is -3.58. The van der Waals surface area contributed by atoms with Crippen molar-refractivity contribution >= 4 is 21.6 Å². The van der Waals surface area contributed by atoms with Crippen LogP contribution in [0.3, 0.4) is 0 Å². The molecule has 28 heavy (non-hydrogen) atoms. The number of anilines is 1. The average Bonchev–Trinajstić information content (AvgIpc) is 2.66. The van der Waals surface area contributed by atoms with Crippen molar-refractivity contribution in [3.05, 3.63) is 52.2 Å². The summed E-state index contributed by atoms with van der Waals surface area (Å²) in [6, 6.07) is 7.67. The Balaban J connectivity index is 1.69. The molecule has 1 fully saturated rings. The van der Waals surface area contributed by atoms with Crippen LogP contribution in [0, 0.1) is 13.8 Å². The molecule has 1 aromatic heterocycles. The van der Waals surface area contributed by atoms with Gasteiger partial charge in [0.05, 0.1) is 18.1 Å². The number of hydrogen-bond acceptors (Lipinski definition) is 6. The lowest BCUT2D eigenvalue weighted by Crippen LogP contribution is -2.40. The van der Waals surface area contributed by atoms with Crippen molar-refractivity contribution in [2.75, 3.05) is 31.6 Å². The number of sulfonamides is 1. The van der Waals surface area contributed by atoms with Gasteiger partial charge in [0.15, 0.2) is 0 Å². The molecule has 3 rings (SSSR count). The van der Waals surface area contributed by atoms with Crippen molar-refractivity contribution < 1.29 is 17.9 Å². The smallest absolute Gasteiger partial charge is 0.348 e. The van der Waals surface area contributed by atoms with Crippen molar-refractivity contribution in [1.82, 2.24) is 13.9 Å². The number of amides is 1. The predicted octanol–water partition coefficient (Wildman–Crippen LogP) is 0.520. The van der Waals surface area contributed by atoms with Crippen molar-refractivity contribution in [2.45, 2.75) is 25.3 Å².